The number of methoxy groups -OCH3 is 1. The summed E-state index contributed by atoms with van der Waals surface area (Å²) >= 11 is 0. The Labute approximate surface area is 193 Å². The van der Waals surface area contributed by atoms with Gasteiger partial charge in [-0.15, -0.1) is 0 Å². The fourth-order valence-corrected chi connectivity index (χ4v) is 5.63. The summed E-state index contributed by atoms with van der Waals surface area (Å²) in [5, 5.41) is 0. The predicted octanol–water partition coefficient (Wildman–Crippen LogP) is 3.29. The van der Waals surface area contributed by atoms with Crippen LogP contribution in [0.3, 0.4) is 0 Å². The van der Waals surface area contributed by atoms with Gasteiger partial charge in [0.15, 0.2) is 5.69 Å². The molecular formula is C25H34N4O4. The zero-order chi connectivity index (χ0) is 23.5. The fraction of sp³-hybridized carbons (Fsp3) is 0.560. The van der Waals surface area contributed by atoms with Gasteiger partial charge in [0.05, 0.1) is 13.7 Å². The zero-order valence-corrected chi connectivity index (χ0v) is 19.5. The second kappa shape index (κ2) is 9.85. The molecule has 0 saturated heterocycles. The average Bonchev–Trinajstić information content (AvgIpc) is 3.41. The monoisotopic (exact) mass is 454 g/mol. The quantitative estimate of drug-likeness (QED) is 0.604. The molecule has 1 aromatic carbocycles. The van der Waals surface area contributed by atoms with E-state index in [9.17, 15) is 14.4 Å². The van der Waals surface area contributed by atoms with E-state index in [0.717, 1.165) is 30.7 Å². The molecule has 33 heavy (non-hydrogen) atoms. The first-order valence-corrected chi connectivity index (χ1v) is 12.0. The third kappa shape index (κ3) is 4.70. The molecule has 1 aromatic heterocycles. The normalized spacial score (nSPS) is 21.3. The summed E-state index contributed by atoms with van der Waals surface area (Å²) in [6.45, 7) is 2.54. The fourth-order valence-electron chi connectivity index (χ4n) is 5.63. The molecular weight excluding hydrogens is 420 g/mol. The number of rotatable bonds is 9. The molecule has 1 amide bonds. The lowest BCUT2D eigenvalue weighted by atomic mass is 9.86. The number of nitrogens with two attached hydrogens (primary N) is 1. The molecule has 2 aromatic rings. The van der Waals surface area contributed by atoms with Crippen LogP contribution < -0.4 is 26.6 Å². The number of nitrogens with one attached hydrogen (secondary N) is 1. The molecule has 1 heterocycles. The van der Waals surface area contributed by atoms with Crippen molar-refractivity contribution in [3.63, 3.8) is 0 Å². The van der Waals surface area contributed by atoms with Gasteiger partial charge in [0.25, 0.3) is 5.56 Å². The number of aromatic nitrogens is 2. The first-order chi connectivity index (χ1) is 15.9. The molecule has 178 valence electrons. The number of fused-ring (bicyclic) bond motifs is 2. The first kappa shape index (κ1) is 23.1. The molecule has 2 aliphatic rings. The van der Waals surface area contributed by atoms with Crippen LogP contribution in [0.5, 0.6) is 5.75 Å². The van der Waals surface area contributed by atoms with Crippen LogP contribution >= 0.6 is 0 Å². The zero-order valence-electron chi connectivity index (χ0n) is 19.5. The molecule has 2 aliphatic carbocycles. The minimum Gasteiger partial charge on any atom is -0.496 e. The van der Waals surface area contributed by atoms with Crippen LogP contribution in [0.2, 0.25) is 0 Å². The largest absolute Gasteiger partial charge is 0.496 e. The number of H-pyrrole nitrogens is 1. The third-order valence-corrected chi connectivity index (χ3v) is 7.36. The van der Waals surface area contributed by atoms with Crippen molar-refractivity contribution in [1.82, 2.24) is 9.55 Å². The number of para-hydroxylation sites is 1. The van der Waals surface area contributed by atoms with E-state index in [-0.39, 0.29) is 24.0 Å². The molecule has 2 fully saturated rings. The lowest BCUT2D eigenvalue weighted by Crippen LogP contribution is -2.41. The second-order valence-corrected chi connectivity index (χ2v) is 9.43. The average molecular weight is 455 g/mol. The number of aromatic amines is 1. The van der Waals surface area contributed by atoms with Crippen molar-refractivity contribution >= 4 is 17.4 Å². The number of hydrogen-bond acceptors (Lipinski definition) is 5. The molecule has 8 nitrogen and oxygen atoms in total. The number of carbonyl (C=O) groups excluding carboxylic acids is 1. The highest BCUT2D eigenvalue weighted by Gasteiger charge is 2.41. The van der Waals surface area contributed by atoms with E-state index in [2.05, 4.69) is 4.98 Å². The lowest BCUT2D eigenvalue weighted by Gasteiger charge is -2.28. The number of ether oxygens (including phenoxy) is 1. The van der Waals surface area contributed by atoms with Crippen LogP contribution in [-0.2, 0) is 17.9 Å². The van der Waals surface area contributed by atoms with Gasteiger partial charge in [0, 0.05) is 18.5 Å². The van der Waals surface area contributed by atoms with Gasteiger partial charge in [0.1, 0.15) is 11.6 Å². The van der Waals surface area contributed by atoms with Crippen molar-refractivity contribution in [2.24, 2.45) is 17.8 Å². The SMILES string of the molecule is CCCCn1c(N)c(N(Cc2ccccc2OC)C(=O)CC2CC3CCC2C3)c(=O)[nH]c1=O. The van der Waals surface area contributed by atoms with Crippen molar-refractivity contribution < 1.29 is 9.53 Å². The van der Waals surface area contributed by atoms with Gasteiger partial charge in [0.2, 0.25) is 5.91 Å². The van der Waals surface area contributed by atoms with Gasteiger partial charge in [-0.2, -0.15) is 0 Å². The molecule has 0 aliphatic heterocycles. The van der Waals surface area contributed by atoms with Crippen LogP contribution in [0, 0.1) is 17.8 Å². The number of amides is 1. The van der Waals surface area contributed by atoms with E-state index < -0.39 is 11.2 Å². The van der Waals surface area contributed by atoms with Crippen LogP contribution in [-0.4, -0.2) is 22.6 Å². The Hall–Kier alpha value is -3.03. The Bertz CT molecular complexity index is 1120. The Kier molecular flexibility index (Phi) is 6.91. The van der Waals surface area contributed by atoms with Crippen LogP contribution in [0.25, 0.3) is 0 Å². The van der Waals surface area contributed by atoms with E-state index in [1.807, 2.05) is 31.2 Å². The number of carbonyl (C=O) groups is 1. The predicted molar refractivity (Wildman–Crippen MR) is 128 cm³/mol. The topological polar surface area (TPSA) is 110 Å². The maximum absolute atomic E-state index is 13.7. The molecule has 4 rings (SSSR count). The molecule has 3 N–H and O–H groups in total. The Morgan fingerprint density at radius 2 is 2.03 bits per heavy atom. The summed E-state index contributed by atoms with van der Waals surface area (Å²) in [5.74, 6) is 2.16. The van der Waals surface area contributed by atoms with Crippen LogP contribution in [0.15, 0.2) is 33.9 Å². The maximum Gasteiger partial charge on any atom is 0.330 e. The summed E-state index contributed by atoms with van der Waals surface area (Å²) < 4.78 is 6.84. The van der Waals surface area contributed by atoms with Crippen LogP contribution in [0.4, 0.5) is 11.5 Å². The van der Waals surface area contributed by atoms with E-state index in [1.54, 1.807) is 7.11 Å². The lowest BCUT2D eigenvalue weighted by molar-refractivity contribution is -0.120. The van der Waals surface area contributed by atoms with Crippen molar-refractivity contribution in [2.75, 3.05) is 17.7 Å². The van der Waals surface area contributed by atoms with Crippen molar-refractivity contribution in [3.05, 3.63) is 50.7 Å². The third-order valence-electron chi connectivity index (χ3n) is 7.36. The highest BCUT2D eigenvalue weighted by Crippen LogP contribution is 2.49. The minimum absolute atomic E-state index is 0.0355. The van der Waals surface area contributed by atoms with Crippen molar-refractivity contribution in [2.45, 2.75) is 65.0 Å². The molecule has 0 spiro atoms. The molecule has 3 unspecified atom stereocenters. The number of anilines is 2. The first-order valence-electron chi connectivity index (χ1n) is 12.0. The van der Waals surface area contributed by atoms with Gasteiger partial charge < -0.3 is 10.5 Å². The molecule has 2 bridgehead atoms. The smallest absolute Gasteiger partial charge is 0.330 e. The second-order valence-electron chi connectivity index (χ2n) is 9.43. The van der Waals surface area contributed by atoms with Gasteiger partial charge >= 0.3 is 5.69 Å². The summed E-state index contributed by atoms with van der Waals surface area (Å²) in [7, 11) is 1.58. The molecule has 2 saturated carbocycles. The highest BCUT2D eigenvalue weighted by atomic mass is 16.5. The standard InChI is InChI=1S/C25H34N4O4/c1-3-4-11-28-23(26)22(24(31)27-25(28)32)29(15-18-7-5-6-8-20(18)33-2)21(30)14-19-13-16-9-10-17(19)12-16/h5-8,16-17,19H,3-4,9-15,26H2,1-2H3,(H,27,31,32). The van der Waals surface area contributed by atoms with E-state index in [0.29, 0.717) is 30.6 Å². The highest BCUT2D eigenvalue weighted by molar-refractivity contribution is 5.95. The van der Waals surface area contributed by atoms with Gasteiger partial charge in [-0.25, -0.2) is 4.79 Å². The van der Waals surface area contributed by atoms with Crippen molar-refractivity contribution in [3.8, 4) is 5.75 Å². The summed E-state index contributed by atoms with van der Waals surface area (Å²) in [6, 6.07) is 7.42. The minimum atomic E-state index is -0.638. The number of benzene rings is 1. The van der Waals surface area contributed by atoms with Gasteiger partial charge in [-0.3, -0.25) is 24.0 Å². The molecule has 0 radical (unpaired) electrons. The summed E-state index contributed by atoms with van der Waals surface area (Å²) in [4.78, 5) is 42.9. The summed E-state index contributed by atoms with van der Waals surface area (Å²) in [6.07, 6.45) is 6.70. The van der Waals surface area contributed by atoms with E-state index >= 15 is 0 Å². The van der Waals surface area contributed by atoms with E-state index in [1.165, 1.54) is 28.7 Å². The number of nitrogens with zero attached hydrogens (tertiary/aromatic N) is 2. The number of hydrogen-bond donors (Lipinski definition) is 2. The van der Waals surface area contributed by atoms with Crippen molar-refractivity contribution in [1.29, 1.82) is 0 Å². The van der Waals surface area contributed by atoms with Gasteiger partial charge in [-0.1, -0.05) is 38.0 Å². The molecule has 8 heteroatoms. The Balaban J connectivity index is 1.73. The molecule has 3 atom stereocenters. The van der Waals surface area contributed by atoms with Crippen LogP contribution in [0.1, 0.15) is 57.4 Å². The van der Waals surface area contributed by atoms with Gasteiger partial charge in [-0.05, 0) is 49.5 Å². The summed E-state index contributed by atoms with van der Waals surface area (Å²) in [5.41, 5.74) is 6.00. The number of nitrogen functional groups attached to an aromatic ring is 1. The maximum atomic E-state index is 13.7. The Morgan fingerprint density at radius 1 is 1.24 bits per heavy atom. The van der Waals surface area contributed by atoms with E-state index in [4.69, 9.17) is 10.5 Å². The number of unbranched alkanes of at least 4 members (excludes halogenated alkanes) is 1. The Morgan fingerprint density at radius 3 is 2.70 bits per heavy atom.